The highest BCUT2D eigenvalue weighted by molar-refractivity contribution is 9.10. The zero-order valence-electron chi connectivity index (χ0n) is 9.13. The van der Waals surface area contributed by atoms with E-state index < -0.39 is 0 Å². The van der Waals surface area contributed by atoms with Gasteiger partial charge in [0.1, 0.15) is 0 Å². The Morgan fingerprint density at radius 1 is 1.47 bits per heavy atom. The van der Waals surface area contributed by atoms with Gasteiger partial charge < -0.3 is 5.73 Å². The third kappa shape index (κ3) is 3.47. The Balaban J connectivity index is 2.89. The minimum atomic E-state index is 0.0537. The quantitative estimate of drug-likeness (QED) is 0.865. The molecule has 0 saturated carbocycles. The molecule has 1 aromatic rings. The van der Waals surface area contributed by atoms with Crippen molar-refractivity contribution in [2.24, 2.45) is 11.7 Å². The number of benzene rings is 1. The van der Waals surface area contributed by atoms with Crippen molar-refractivity contribution in [3.63, 3.8) is 0 Å². The topological polar surface area (TPSA) is 26.0 Å². The highest BCUT2D eigenvalue weighted by Gasteiger charge is 2.16. The van der Waals surface area contributed by atoms with E-state index in [0.29, 0.717) is 5.92 Å². The SMILES string of the molecule is CCCC(C)C(N)c1cc(Cl)ccc1Br. The molecule has 1 aromatic carbocycles. The van der Waals surface area contributed by atoms with Gasteiger partial charge in [-0.25, -0.2) is 0 Å². The van der Waals surface area contributed by atoms with Gasteiger partial charge in [-0.2, -0.15) is 0 Å². The summed E-state index contributed by atoms with van der Waals surface area (Å²) in [7, 11) is 0. The van der Waals surface area contributed by atoms with E-state index >= 15 is 0 Å². The van der Waals surface area contributed by atoms with Crippen LogP contribution in [0.25, 0.3) is 0 Å². The first-order valence-corrected chi connectivity index (χ1v) is 6.44. The van der Waals surface area contributed by atoms with Crippen molar-refractivity contribution < 1.29 is 0 Å². The molecule has 0 bridgehead atoms. The first kappa shape index (κ1) is 13.0. The lowest BCUT2D eigenvalue weighted by Crippen LogP contribution is -2.19. The minimum Gasteiger partial charge on any atom is -0.324 e. The number of rotatable bonds is 4. The van der Waals surface area contributed by atoms with E-state index in [0.717, 1.165) is 27.9 Å². The molecule has 0 aliphatic carbocycles. The number of hydrogen-bond donors (Lipinski definition) is 1. The Hall–Kier alpha value is -0.0500. The minimum absolute atomic E-state index is 0.0537. The molecule has 1 rings (SSSR count). The predicted molar refractivity (Wildman–Crippen MR) is 70.2 cm³/mol. The van der Waals surface area contributed by atoms with Gasteiger partial charge in [-0.05, 0) is 36.1 Å². The van der Waals surface area contributed by atoms with Crippen molar-refractivity contribution in [2.75, 3.05) is 0 Å². The summed E-state index contributed by atoms with van der Waals surface area (Å²) < 4.78 is 1.04. The summed E-state index contributed by atoms with van der Waals surface area (Å²) in [6, 6.07) is 5.82. The third-order valence-corrected chi connectivity index (χ3v) is 3.63. The van der Waals surface area contributed by atoms with Gasteiger partial charge in [-0.15, -0.1) is 0 Å². The second-order valence-corrected chi connectivity index (χ2v) is 5.25. The fourth-order valence-corrected chi connectivity index (χ4v) is 2.40. The second kappa shape index (κ2) is 5.88. The van der Waals surface area contributed by atoms with Gasteiger partial charge in [0.15, 0.2) is 0 Å². The lowest BCUT2D eigenvalue weighted by atomic mass is 9.92. The van der Waals surface area contributed by atoms with Gasteiger partial charge in [0.05, 0.1) is 0 Å². The molecule has 0 saturated heterocycles. The van der Waals surface area contributed by atoms with Crippen LogP contribution in [-0.2, 0) is 0 Å². The summed E-state index contributed by atoms with van der Waals surface area (Å²) in [6.07, 6.45) is 2.30. The van der Waals surface area contributed by atoms with Gasteiger partial charge in [0.2, 0.25) is 0 Å². The van der Waals surface area contributed by atoms with Gasteiger partial charge in [-0.3, -0.25) is 0 Å². The van der Waals surface area contributed by atoms with Crippen LogP contribution in [-0.4, -0.2) is 0 Å². The molecule has 0 fully saturated rings. The molecular weight excluding hydrogens is 273 g/mol. The van der Waals surface area contributed by atoms with Crippen LogP contribution in [0, 0.1) is 5.92 Å². The fraction of sp³-hybridized carbons (Fsp3) is 0.500. The van der Waals surface area contributed by atoms with Crippen molar-refractivity contribution in [3.8, 4) is 0 Å². The van der Waals surface area contributed by atoms with Crippen LogP contribution < -0.4 is 5.73 Å². The van der Waals surface area contributed by atoms with E-state index in [-0.39, 0.29) is 6.04 Å². The average Bonchev–Trinajstić information content (AvgIpc) is 2.21. The maximum absolute atomic E-state index is 6.21. The maximum Gasteiger partial charge on any atom is 0.0410 e. The van der Waals surface area contributed by atoms with Gasteiger partial charge in [0.25, 0.3) is 0 Å². The molecule has 1 nitrogen and oxygen atoms in total. The monoisotopic (exact) mass is 289 g/mol. The number of hydrogen-bond acceptors (Lipinski definition) is 1. The Morgan fingerprint density at radius 2 is 2.13 bits per heavy atom. The molecule has 2 N–H and O–H groups in total. The molecule has 0 aliphatic heterocycles. The summed E-state index contributed by atoms with van der Waals surface area (Å²) in [5.74, 6) is 0.477. The van der Waals surface area contributed by atoms with E-state index in [2.05, 4.69) is 29.8 Å². The maximum atomic E-state index is 6.21. The Kier molecular flexibility index (Phi) is 5.10. The van der Waals surface area contributed by atoms with E-state index in [1.165, 1.54) is 0 Å². The smallest absolute Gasteiger partial charge is 0.0410 e. The van der Waals surface area contributed by atoms with E-state index in [1.807, 2.05) is 18.2 Å². The van der Waals surface area contributed by atoms with Crippen LogP contribution in [0.5, 0.6) is 0 Å². The standard InChI is InChI=1S/C12H17BrClN/c1-3-4-8(2)12(15)10-7-9(14)5-6-11(10)13/h5-8,12H,3-4,15H2,1-2H3. The molecule has 2 atom stereocenters. The van der Waals surface area contributed by atoms with Crippen LogP contribution in [0.3, 0.4) is 0 Å². The van der Waals surface area contributed by atoms with Crippen LogP contribution in [0.2, 0.25) is 5.02 Å². The summed E-state index contributed by atoms with van der Waals surface area (Å²) in [5.41, 5.74) is 7.31. The van der Waals surface area contributed by atoms with Crippen molar-refractivity contribution in [2.45, 2.75) is 32.7 Å². The van der Waals surface area contributed by atoms with Crippen LogP contribution >= 0.6 is 27.5 Å². The molecule has 0 heterocycles. The van der Waals surface area contributed by atoms with Gasteiger partial charge in [0, 0.05) is 15.5 Å². The lowest BCUT2D eigenvalue weighted by Gasteiger charge is -2.21. The molecule has 0 aliphatic rings. The van der Waals surface area contributed by atoms with E-state index in [9.17, 15) is 0 Å². The molecule has 84 valence electrons. The third-order valence-electron chi connectivity index (χ3n) is 2.67. The molecule has 0 amide bonds. The molecule has 0 aromatic heterocycles. The first-order valence-electron chi connectivity index (χ1n) is 5.26. The molecule has 0 spiro atoms. The van der Waals surface area contributed by atoms with E-state index in [1.54, 1.807) is 0 Å². The summed E-state index contributed by atoms with van der Waals surface area (Å²) in [4.78, 5) is 0. The zero-order chi connectivity index (χ0) is 11.4. The predicted octanol–water partition coefficient (Wildman–Crippen LogP) is 4.54. The van der Waals surface area contributed by atoms with Crippen molar-refractivity contribution >= 4 is 27.5 Å². The Morgan fingerprint density at radius 3 is 2.73 bits per heavy atom. The normalized spacial score (nSPS) is 15.0. The molecule has 15 heavy (non-hydrogen) atoms. The summed E-state index contributed by atoms with van der Waals surface area (Å²) in [6.45, 7) is 4.36. The van der Waals surface area contributed by atoms with Gasteiger partial charge >= 0.3 is 0 Å². The summed E-state index contributed by atoms with van der Waals surface area (Å²) >= 11 is 9.48. The average molecular weight is 291 g/mol. The second-order valence-electron chi connectivity index (χ2n) is 3.96. The lowest BCUT2D eigenvalue weighted by molar-refractivity contribution is 0.432. The summed E-state index contributed by atoms with van der Waals surface area (Å²) in [5, 5.41) is 0.743. The van der Waals surface area contributed by atoms with Crippen molar-refractivity contribution in [1.82, 2.24) is 0 Å². The fourth-order valence-electron chi connectivity index (χ4n) is 1.71. The first-order chi connectivity index (χ1) is 7.06. The molecule has 0 radical (unpaired) electrons. The zero-order valence-corrected chi connectivity index (χ0v) is 11.5. The van der Waals surface area contributed by atoms with E-state index in [4.69, 9.17) is 17.3 Å². The number of nitrogens with two attached hydrogens (primary N) is 1. The largest absolute Gasteiger partial charge is 0.324 e. The highest BCUT2D eigenvalue weighted by Crippen LogP contribution is 2.31. The van der Waals surface area contributed by atoms with Crippen LogP contribution in [0.4, 0.5) is 0 Å². The van der Waals surface area contributed by atoms with Crippen molar-refractivity contribution in [1.29, 1.82) is 0 Å². The van der Waals surface area contributed by atoms with Crippen LogP contribution in [0.15, 0.2) is 22.7 Å². The van der Waals surface area contributed by atoms with Crippen molar-refractivity contribution in [3.05, 3.63) is 33.3 Å². The molecular formula is C12H17BrClN. The molecule has 3 heteroatoms. The molecule has 2 unspecified atom stereocenters. The van der Waals surface area contributed by atoms with Gasteiger partial charge in [-0.1, -0.05) is 47.8 Å². The Labute approximate surface area is 105 Å². The van der Waals surface area contributed by atoms with Crippen LogP contribution in [0.1, 0.15) is 38.3 Å². The highest BCUT2D eigenvalue weighted by atomic mass is 79.9. The number of halogens is 2. The Bertz CT molecular complexity index is 327.